The summed E-state index contributed by atoms with van der Waals surface area (Å²) in [5.74, 6) is 0.977. The molecule has 142 valence electrons. The van der Waals surface area contributed by atoms with Gasteiger partial charge in [-0.25, -0.2) is 0 Å². The lowest BCUT2D eigenvalue weighted by atomic mass is 9.82. The van der Waals surface area contributed by atoms with Crippen LogP contribution in [0.15, 0.2) is 36.5 Å². The third kappa shape index (κ3) is 2.94. The summed E-state index contributed by atoms with van der Waals surface area (Å²) in [5, 5.41) is 4.55. The molecule has 0 bridgehead atoms. The first-order valence-corrected chi connectivity index (χ1v) is 10.6. The fourth-order valence-electron chi connectivity index (χ4n) is 5.22. The second kappa shape index (κ2) is 6.59. The van der Waals surface area contributed by atoms with Crippen molar-refractivity contribution >= 4 is 23.2 Å². The molecule has 1 saturated heterocycles. The van der Waals surface area contributed by atoms with Gasteiger partial charge in [-0.2, -0.15) is 0 Å². The number of piperidine rings is 1. The Hall–Kier alpha value is -1.94. The summed E-state index contributed by atoms with van der Waals surface area (Å²) >= 11 is 6.23. The van der Waals surface area contributed by atoms with Crippen LogP contribution in [0.4, 0.5) is 5.69 Å². The summed E-state index contributed by atoms with van der Waals surface area (Å²) in [6, 6.07) is 10.3. The van der Waals surface area contributed by atoms with E-state index in [-0.39, 0.29) is 5.54 Å². The summed E-state index contributed by atoms with van der Waals surface area (Å²) in [4.78, 5) is 14.8. The van der Waals surface area contributed by atoms with Crippen LogP contribution < -0.4 is 5.32 Å². The highest BCUT2D eigenvalue weighted by molar-refractivity contribution is 6.30. The number of nitrogens with one attached hydrogen (secondary N) is 1. The SMILES string of the molecule is O=C(CC1CCCC1)N1CCC2(CC1)Nc1ccc(Cl)cc1-n1cccc12. The van der Waals surface area contributed by atoms with Gasteiger partial charge in [0.25, 0.3) is 0 Å². The highest BCUT2D eigenvalue weighted by Crippen LogP contribution is 2.44. The van der Waals surface area contributed by atoms with E-state index < -0.39 is 0 Å². The summed E-state index contributed by atoms with van der Waals surface area (Å²) in [7, 11) is 0. The van der Waals surface area contributed by atoms with Gasteiger partial charge in [-0.05, 0) is 61.9 Å². The van der Waals surface area contributed by atoms with Crippen molar-refractivity contribution < 1.29 is 4.79 Å². The molecule has 0 radical (unpaired) electrons. The van der Waals surface area contributed by atoms with Gasteiger partial charge in [-0.15, -0.1) is 0 Å². The third-order valence-corrected chi connectivity index (χ3v) is 6.98. The number of carbonyl (C=O) groups is 1. The van der Waals surface area contributed by atoms with Crippen molar-refractivity contribution in [2.45, 2.75) is 50.5 Å². The Labute approximate surface area is 165 Å². The Bertz CT molecular complexity index is 860. The van der Waals surface area contributed by atoms with Crippen LogP contribution in [0.5, 0.6) is 0 Å². The molecule has 3 heterocycles. The zero-order valence-electron chi connectivity index (χ0n) is 15.6. The second-order valence-electron chi connectivity index (χ2n) is 8.37. The maximum absolute atomic E-state index is 12.7. The first-order valence-electron chi connectivity index (χ1n) is 10.2. The van der Waals surface area contributed by atoms with E-state index >= 15 is 0 Å². The number of rotatable bonds is 2. The lowest BCUT2D eigenvalue weighted by Crippen LogP contribution is -2.51. The summed E-state index contributed by atoms with van der Waals surface area (Å²) in [6.45, 7) is 1.65. The second-order valence-corrected chi connectivity index (χ2v) is 8.80. The minimum atomic E-state index is -0.103. The number of carbonyl (C=O) groups excluding carboxylic acids is 1. The Morgan fingerprint density at radius 2 is 1.96 bits per heavy atom. The molecule has 1 aromatic heterocycles. The van der Waals surface area contributed by atoms with Crippen LogP contribution in [0.2, 0.25) is 5.02 Å². The van der Waals surface area contributed by atoms with E-state index in [0.717, 1.165) is 48.7 Å². The summed E-state index contributed by atoms with van der Waals surface area (Å²) < 4.78 is 2.26. The highest BCUT2D eigenvalue weighted by atomic mass is 35.5. The number of halogens is 1. The monoisotopic (exact) mass is 383 g/mol. The van der Waals surface area contributed by atoms with E-state index in [0.29, 0.717) is 11.8 Å². The largest absolute Gasteiger partial charge is 0.372 e. The van der Waals surface area contributed by atoms with Crippen molar-refractivity contribution in [2.24, 2.45) is 5.92 Å². The van der Waals surface area contributed by atoms with Crippen LogP contribution >= 0.6 is 11.6 Å². The molecule has 5 heteroatoms. The number of nitrogens with zero attached hydrogens (tertiary/aromatic N) is 2. The zero-order valence-corrected chi connectivity index (χ0v) is 16.3. The molecule has 0 atom stereocenters. The fourth-order valence-corrected chi connectivity index (χ4v) is 5.39. The Morgan fingerprint density at radius 1 is 1.19 bits per heavy atom. The number of fused-ring (bicyclic) bond motifs is 4. The predicted octanol–water partition coefficient (Wildman–Crippen LogP) is 4.95. The maximum atomic E-state index is 12.7. The molecular weight excluding hydrogens is 358 g/mol. The van der Waals surface area contributed by atoms with Gasteiger partial charge in [-0.1, -0.05) is 24.4 Å². The molecule has 5 rings (SSSR count). The number of aromatic nitrogens is 1. The van der Waals surface area contributed by atoms with Crippen LogP contribution in [0.1, 0.15) is 50.6 Å². The summed E-state index contributed by atoms with van der Waals surface area (Å²) in [5.41, 5.74) is 3.40. The number of hydrogen-bond acceptors (Lipinski definition) is 2. The Kier molecular flexibility index (Phi) is 4.19. The van der Waals surface area contributed by atoms with E-state index in [1.54, 1.807) is 0 Å². The topological polar surface area (TPSA) is 37.3 Å². The van der Waals surface area contributed by atoms with Crippen LogP contribution in [0, 0.1) is 5.92 Å². The Morgan fingerprint density at radius 3 is 2.74 bits per heavy atom. The predicted molar refractivity (Wildman–Crippen MR) is 108 cm³/mol. The minimum absolute atomic E-state index is 0.103. The lowest BCUT2D eigenvalue weighted by molar-refractivity contribution is -0.133. The summed E-state index contributed by atoms with van der Waals surface area (Å²) in [6.07, 6.45) is 9.81. The molecule has 1 amide bonds. The molecular formula is C22H26ClN3O. The molecule has 2 aliphatic heterocycles. The van der Waals surface area contributed by atoms with Gasteiger partial charge in [0.2, 0.25) is 5.91 Å². The van der Waals surface area contributed by atoms with Crippen molar-refractivity contribution in [3.05, 3.63) is 47.2 Å². The van der Waals surface area contributed by atoms with E-state index in [4.69, 9.17) is 11.6 Å². The van der Waals surface area contributed by atoms with Crippen LogP contribution in [-0.2, 0) is 10.3 Å². The van der Waals surface area contributed by atoms with Crippen molar-refractivity contribution in [1.82, 2.24) is 9.47 Å². The van der Waals surface area contributed by atoms with Crippen LogP contribution in [0.25, 0.3) is 5.69 Å². The minimum Gasteiger partial charge on any atom is -0.372 e. The number of anilines is 1. The molecule has 1 aliphatic carbocycles. The zero-order chi connectivity index (χ0) is 18.4. The number of amides is 1. The lowest BCUT2D eigenvalue weighted by Gasteiger charge is -2.46. The van der Waals surface area contributed by atoms with E-state index in [1.165, 1.54) is 31.4 Å². The smallest absolute Gasteiger partial charge is 0.222 e. The molecule has 2 fully saturated rings. The molecule has 0 unspecified atom stereocenters. The van der Waals surface area contributed by atoms with Gasteiger partial charge in [0.05, 0.1) is 16.9 Å². The van der Waals surface area contributed by atoms with Gasteiger partial charge in [0.1, 0.15) is 0 Å². The molecule has 2 aromatic rings. The van der Waals surface area contributed by atoms with Gasteiger partial charge in [-0.3, -0.25) is 4.79 Å². The molecule has 27 heavy (non-hydrogen) atoms. The normalized spacial score (nSPS) is 21.0. The van der Waals surface area contributed by atoms with Crippen molar-refractivity contribution in [1.29, 1.82) is 0 Å². The van der Waals surface area contributed by atoms with Gasteiger partial charge in [0.15, 0.2) is 0 Å². The van der Waals surface area contributed by atoms with Crippen molar-refractivity contribution in [2.75, 3.05) is 18.4 Å². The number of benzene rings is 1. The molecule has 1 spiro atoms. The van der Waals surface area contributed by atoms with E-state index in [9.17, 15) is 4.79 Å². The highest BCUT2D eigenvalue weighted by Gasteiger charge is 2.42. The van der Waals surface area contributed by atoms with Crippen molar-refractivity contribution in [3.63, 3.8) is 0 Å². The van der Waals surface area contributed by atoms with Crippen LogP contribution in [0.3, 0.4) is 0 Å². The van der Waals surface area contributed by atoms with Crippen molar-refractivity contribution in [3.8, 4) is 5.69 Å². The maximum Gasteiger partial charge on any atom is 0.222 e. The first kappa shape index (κ1) is 17.2. The Balaban J connectivity index is 1.35. The van der Waals surface area contributed by atoms with E-state index in [2.05, 4.69) is 39.2 Å². The molecule has 1 saturated carbocycles. The number of hydrogen-bond donors (Lipinski definition) is 1. The fraction of sp³-hybridized carbons (Fsp3) is 0.500. The van der Waals surface area contributed by atoms with E-state index in [1.807, 2.05) is 12.1 Å². The molecule has 1 aromatic carbocycles. The quantitative estimate of drug-likeness (QED) is 0.796. The average molecular weight is 384 g/mol. The van der Waals surface area contributed by atoms with Gasteiger partial charge >= 0.3 is 0 Å². The van der Waals surface area contributed by atoms with Gasteiger partial charge in [0, 0.05) is 36.4 Å². The average Bonchev–Trinajstić information content (AvgIpc) is 3.35. The molecule has 4 nitrogen and oxygen atoms in total. The van der Waals surface area contributed by atoms with Gasteiger partial charge < -0.3 is 14.8 Å². The third-order valence-electron chi connectivity index (χ3n) is 6.74. The van der Waals surface area contributed by atoms with Crippen LogP contribution in [-0.4, -0.2) is 28.5 Å². The molecule has 1 N–H and O–H groups in total. The number of likely N-dealkylation sites (tertiary alicyclic amines) is 1. The molecule has 3 aliphatic rings. The first-order chi connectivity index (χ1) is 13.1. The standard InChI is InChI=1S/C22H26ClN3O/c23-17-7-8-18-19(15-17)26-11-3-6-20(26)22(24-18)9-12-25(13-10-22)21(27)14-16-4-1-2-5-16/h3,6-8,11,15-16,24H,1-2,4-5,9-10,12-14H2.